The van der Waals surface area contributed by atoms with Gasteiger partial charge in [0, 0.05) is 6.07 Å². The highest BCUT2D eigenvalue weighted by atomic mass is 19.4. The number of anilines is 2. The predicted octanol–water partition coefficient (Wildman–Crippen LogP) is 2.90. The molecule has 1 N–H and O–H groups in total. The molecule has 0 spiro atoms. The number of hydrogen-bond acceptors (Lipinski definition) is 5. The summed E-state index contributed by atoms with van der Waals surface area (Å²) in [6.07, 6.45) is -4.48. The molecular formula is C13H10F3N5O. The first-order chi connectivity index (χ1) is 10.5. The number of nitrogens with one attached hydrogen (secondary N) is 1. The van der Waals surface area contributed by atoms with Crippen molar-refractivity contribution in [2.24, 2.45) is 0 Å². The largest absolute Gasteiger partial charge is 0.480 e. The average molecular weight is 309 g/mol. The van der Waals surface area contributed by atoms with Crippen molar-refractivity contribution in [2.45, 2.75) is 6.18 Å². The predicted molar refractivity (Wildman–Crippen MR) is 72.1 cm³/mol. The molecule has 0 aliphatic heterocycles. The van der Waals surface area contributed by atoms with Crippen LogP contribution in [0.25, 0.3) is 5.65 Å². The molecule has 0 radical (unpaired) electrons. The Morgan fingerprint density at radius 3 is 2.59 bits per heavy atom. The molecule has 0 bridgehead atoms. The Morgan fingerprint density at radius 1 is 1.09 bits per heavy atom. The summed E-state index contributed by atoms with van der Waals surface area (Å²) < 4.78 is 45.2. The fourth-order valence-corrected chi connectivity index (χ4v) is 1.92. The molecule has 114 valence electrons. The van der Waals surface area contributed by atoms with Gasteiger partial charge in [0.2, 0.25) is 5.88 Å². The zero-order valence-corrected chi connectivity index (χ0v) is 11.3. The summed E-state index contributed by atoms with van der Waals surface area (Å²) in [7, 11) is 1.44. The highest BCUT2D eigenvalue weighted by Gasteiger charge is 2.33. The zero-order chi connectivity index (χ0) is 15.7. The van der Waals surface area contributed by atoms with E-state index < -0.39 is 11.7 Å². The summed E-state index contributed by atoms with van der Waals surface area (Å²) >= 11 is 0. The molecule has 0 saturated heterocycles. The van der Waals surface area contributed by atoms with Gasteiger partial charge in [0.15, 0.2) is 5.65 Å². The average Bonchev–Trinajstić information content (AvgIpc) is 2.89. The van der Waals surface area contributed by atoms with Crippen LogP contribution >= 0.6 is 0 Å². The molecular weight excluding hydrogens is 299 g/mol. The maximum Gasteiger partial charge on any atom is 0.418 e. The van der Waals surface area contributed by atoms with Crippen LogP contribution in [0.1, 0.15) is 5.56 Å². The monoisotopic (exact) mass is 309 g/mol. The Balaban J connectivity index is 2.04. The molecule has 2 aromatic heterocycles. The molecule has 9 heteroatoms. The lowest BCUT2D eigenvalue weighted by Gasteiger charge is -2.13. The number of rotatable bonds is 3. The van der Waals surface area contributed by atoms with E-state index >= 15 is 0 Å². The van der Waals surface area contributed by atoms with Gasteiger partial charge in [0.25, 0.3) is 5.95 Å². The molecule has 0 unspecified atom stereocenters. The second kappa shape index (κ2) is 5.17. The van der Waals surface area contributed by atoms with Crippen LogP contribution in [-0.2, 0) is 6.18 Å². The lowest BCUT2D eigenvalue weighted by Crippen LogP contribution is -2.10. The summed E-state index contributed by atoms with van der Waals surface area (Å²) in [6.45, 7) is 0. The van der Waals surface area contributed by atoms with Crippen molar-refractivity contribution in [2.75, 3.05) is 12.4 Å². The van der Waals surface area contributed by atoms with Crippen molar-refractivity contribution in [1.29, 1.82) is 0 Å². The second-order valence-corrected chi connectivity index (χ2v) is 4.34. The van der Waals surface area contributed by atoms with E-state index in [4.69, 9.17) is 4.74 Å². The number of fused-ring (bicyclic) bond motifs is 1. The third kappa shape index (κ3) is 2.52. The Bertz CT molecular complexity index is 815. The van der Waals surface area contributed by atoms with E-state index in [1.54, 1.807) is 12.1 Å². The fourth-order valence-electron chi connectivity index (χ4n) is 1.92. The van der Waals surface area contributed by atoms with Crippen LogP contribution in [0.4, 0.5) is 24.8 Å². The van der Waals surface area contributed by atoms with Gasteiger partial charge in [-0.2, -0.15) is 17.7 Å². The number of alkyl halides is 3. The summed E-state index contributed by atoms with van der Waals surface area (Å²) in [5.41, 5.74) is -0.545. The highest BCUT2D eigenvalue weighted by molar-refractivity contribution is 5.61. The van der Waals surface area contributed by atoms with Crippen molar-refractivity contribution in [3.05, 3.63) is 42.0 Å². The van der Waals surface area contributed by atoms with Crippen LogP contribution in [-0.4, -0.2) is 26.9 Å². The van der Waals surface area contributed by atoms with Crippen LogP contribution in [0.5, 0.6) is 5.88 Å². The fraction of sp³-hybridized carbons (Fsp3) is 0.154. The molecule has 22 heavy (non-hydrogen) atoms. The maximum absolute atomic E-state index is 13.0. The first-order valence-corrected chi connectivity index (χ1v) is 6.19. The smallest absolute Gasteiger partial charge is 0.418 e. The van der Waals surface area contributed by atoms with Crippen molar-refractivity contribution in [3.8, 4) is 5.88 Å². The summed E-state index contributed by atoms with van der Waals surface area (Å²) in [5, 5.41) is 14.3. The Labute approximate surface area is 122 Å². The minimum atomic E-state index is -4.48. The van der Waals surface area contributed by atoms with Gasteiger partial charge in [0.1, 0.15) is 0 Å². The first-order valence-electron chi connectivity index (χ1n) is 6.19. The van der Waals surface area contributed by atoms with E-state index in [1.807, 2.05) is 0 Å². The molecule has 3 rings (SSSR count). The lowest BCUT2D eigenvalue weighted by atomic mass is 10.1. The number of halogens is 3. The number of ether oxygens (including phenoxy) is 1. The van der Waals surface area contributed by atoms with Crippen molar-refractivity contribution >= 4 is 17.3 Å². The van der Waals surface area contributed by atoms with E-state index in [0.29, 0.717) is 11.5 Å². The summed E-state index contributed by atoms with van der Waals surface area (Å²) in [5.74, 6) is 0.352. The number of para-hydroxylation sites is 1. The third-order valence-corrected chi connectivity index (χ3v) is 2.93. The number of methoxy groups -OCH3 is 1. The topological polar surface area (TPSA) is 64.3 Å². The van der Waals surface area contributed by atoms with E-state index in [2.05, 4.69) is 20.6 Å². The van der Waals surface area contributed by atoms with Gasteiger partial charge in [-0.05, 0) is 18.2 Å². The second-order valence-electron chi connectivity index (χ2n) is 4.34. The highest BCUT2D eigenvalue weighted by Crippen LogP contribution is 2.35. The SMILES string of the molecule is COc1ccc2nnc(Nc3ccccc3C(F)(F)F)n2n1. The number of hydrogen-bond donors (Lipinski definition) is 1. The molecule has 0 aliphatic carbocycles. The maximum atomic E-state index is 13.0. The van der Waals surface area contributed by atoms with Crippen LogP contribution in [0.2, 0.25) is 0 Å². The molecule has 2 heterocycles. The van der Waals surface area contributed by atoms with Crippen molar-refractivity contribution < 1.29 is 17.9 Å². The quantitative estimate of drug-likeness (QED) is 0.806. The van der Waals surface area contributed by atoms with Gasteiger partial charge in [-0.1, -0.05) is 12.1 Å². The zero-order valence-electron chi connectivity index (χ0n) is 11.3. The van der Waals surface area contributed by atoms with Crippen molar-refractivity contribution in [3.63, 3.8) is 0 Å². The van der Waals surface area contributed by atoms with E-state index in [1.165, 1.54) is 29.8 Å². The third-order valence-electron chi connectivity index (χ3n) is 2.93. The Kier molecular flexibility index (Phi) is 3.32. The molecule has 0 aliphatic rings. The Hall–Kier alpha value is -2.84. The first kappa shape index (κ1) is 14.1. The molecule has 6 nitrogen and oxygen atoms in total. The number of nitrogens with zero attached hydrogens (tertiary/aromatic N) is 4. The minimum absolute atomic E-state index is 0.0607. The Morgan fingerprint density at radius 2 is 1.86 bits per heavy atom. The standard InChI is InChI=1S/C13H10F3N5O/c1-22-11-7-6-10-18-19-12(21(10)20-11)17-9-5-3-2-4-8(9)13(14,15)16/h2-7H,1H3,(H,17,19). The lowest BCUT2D eigenvalue weighted by molar-refractivity contribution is -0.136. The van der Waals surface area contributed by atoms with Gasteiger partial charge >= 0.3 is 6.18 Å². The van der Waals surface area contributed by atoms with E-state index in [0.717, 1.165) is 6.07 Å². The molecule has 0 fully saturated rings. The van der Waals surface area contributed by atoms with Crippen molar-refractivity contribution in [1.82, 2.24) is 19.8 Å². The van der Waals surface area contributed by atoms with Gasteiger partial charge in [0.05, 0.1) is 18.4 Å². The van der Waals surface area contributed by atoms with Crippen LogP contribution in [0.3, 0.4) is 0 Å². The molecule has 0 atom stereocenters. The molecule has 0 amide bonds. The van der Waals surface area contributed by atoms with Gasteiger partial charge in [-0.15, -0.1) is 15.3 Å². The number of aromatic nitrogens is 4. The summed E-state index contributed by atoms with van der Waals surface area (Å²) in [6, 6.07) is 8.28. The number of benzene rings is 1. The minimum Gasteiger partial charge on any atom is -0.480 e. The van der Waals surface area contributed by atoms with E-state index in [-0.39, 0.29) is 11.6 Å². The van der Waals surface area contributed by atoms with Gasteiger partial charge in [-0.3, -0.25) is 0 Å². The van der Waals surface area contributed by atoms with Crippen LogP contribution in [0.15, 0.2) is 36.4 Å². The molecule has 1 aromatic carbocycles. The van der Waals surface area contributed by atoms with E-state index in [9.17, 15) is 13.2 Å². The molecule has 0 saturated carbocycles. The van der Waals surface area contributed by atoms with Gasteiger partial charge in [-0.25, -0.2) is 0 Å². The van der Waals surface area contributed by atoms with Crippen LogP contribution < -0.4 is 10.1 Å². The molecule has 3 aromatic rings. The normalized spacial score (nSPS) is 11.6. The van der Waals surface area contributed by atoms with Crippen LogP contribution in [0, 0.1) is 0 Å². The summed E-state index contributed by atoms with van der Waals surface area (Å²) in [4.78, 5) is 0. The van der Waals surface area contributed by atoms with Gasteiger partial charge < -0.3 is 10.1 Å².